The summed E-state index contributed by atoms with van der Waals surface area (Å²) in [7, 11) is -2.35. The van der Waals surface area contributed by atoms with E-state index >= 15 is 0 Å². The van der Waals surface area contributed by atoms with Crippen LogP contribution in [-0.4, -0.2) is 48.7 Å². The molecular weight excluding hydrogens is 418 g/mol. The number of para-hydroxylation sites is 1. The number of pyridine rings is 1. The molecule has 0 bridgehead atoms. The van der Waals surface area contributed by atoms with Crippen LogP contribution < -0.4 is 5.32 Å². The maximum atomic E-state index is 12.6. The zero-order chi connectivity index (χ0) is 21.2. The quantitative estimate of drug-likeness (QED) is 0.468. The smallest absolute Gasteiger partial charge is 0.328 e. The first-order valence-electron chi connectivity index (χ1n) is 8.51. The Morgan fingerprint density at radius 3 is 2.62 bits per heavy atom. The summed E-state index contributed by atoms with van der Waals surface area (Å²) >= 11 is 5.95. The summed E-state index contributed by atoms with van der Waals surface area (Å²) in [4.78, 5) is 28.7. The molecule has 1 amide bonds. The van der Waals surface area contributed by atoms with Crippen molar-refractivity contribution in [2.45, 2.75) is 12.5 Å². The predicted molar refractivity (Wildman–Crippen MR) is 108 cm³/mol. The molecule has 8 nitrogen and oxygen atoms in total. The summed E-state index contributed by atoms with van der Waals surface area (Å²) in [5.74, 6) is -1.26. The highest BCUT2D eigenvalue weighted by atomic mass is 35.5. The third-order valence-corrected chi connectivity index (χ3v) is 5.65. The number of rotatable bonds is 6. The molecule has 0 aliphatic heterocycles. The Bertz CT molecular complexity index is 1190. The summed E-state index contributed by atoms with van der Waals surface area (Å²) in [6.45, 7) is 0. The van der Waals surface area contributed by atoms with Gasteiger partial charge in [0.1, 0.15) is 11.2 Å². The van der Waals surface area contributed by atoms with Crippen molar-refractivity contribution in [1.29, 1.82) is 0 Å². The average Bonchev–Trinajstić information content (AvgIpc) is 3.06. The normalized spacial score (nSPS) is 12.5. The Hall–Kier alpha value is -2.91. The molecule has 10 heteroatoms. The van der Waals surface area contributed by atoms with Gasteiger partial charge in [0.2, 0.25) is 10.0 Å². The summed E-state index contributed by atoms with van der Waals surface area (Å²) in [6, 6.07) is 8.88. The Labute approximate surface area is 172 Å². The van der Waals surface area contributed by atoms with Crippen LogP contribution in [0.25, 0.3) is 10.9 Å². The van der Waals surface area contributed by atoms with Crippen LogP contribution >= 0.6 is 11.6 Å². The molecule has 1 aromatic carbocycles. The molecule has 0 aliphatic rings. The van der Waals surface area contributed by atoms with Crippen molar-refractivity contribution in [2.75, 3.05) is 13.4 Å². The van der Waals surface area contributed by atoms with Crippen LogP contribution in [0.5, 0.6) is 0 Å². The molecule has 3 aromatic rings. The molecule has 1 N–H and O–H groups in total. The number of halogens is 1. The number of aromatic nitrogens is 2. The lowest BCUT2D eigenvalue weighted by Gasteiger charge is -2.16. The number of methoxy groups -OCH3 is 1. The third kappa shape index (κ3) is 4.41. The van der Waals surface area contributed by atoms with Gasteiger partial charge in [-0.3, -0.25) is 4.79 Å². The molecule has 29 heavy (non-hydrogen) atoms. The molecule has 2 aromatic heterocycles. The zero-order valence-electron chi connectivity index (χ0n) is 15.6. The lowest BCUT2D eigenvalue weighted by atomic mass is 10.0. The number of amides is 1. The van der Waals surface area contributed by atoms with Gasteiger partial charge >= 0.3 is 5.97 Å². The van der Waals surface area contributed by atoms with Crippen LogP contribution in [0.4, 0.5) is 0 Å². The fourth-order valence-corrected chi connectivity index (χ4v) is 4.04. The van der Waals surface area contributed by atoms with Gasteiger partial charge in [0.15, 0.2) is 0 Å². The first-order valence-corrected chi connectivity index (χ1v) is 10.7. The number of nitrogens with zero attached hydrogens (tertiary/aromatic N) is 2. The minimum atomic E-state index is -3.55. The molecule has 0 radical (unpaired) electrons. The van der Waals surface area contributed by atoms with Gasteiger partial charge in [0.25, 0.3) is 5.91 Å². The molecule has 1 atom stereocenters. The van der Waals surface area contributed by atoms with Crippen LogP contribution in [0.15, 0.2) is 48.8 Å². The second kappa shape index (κ2) is 8.22. The van der Waals surface area contributed by atoms with E-state index in [1.165, 1.54) is 25.6 Å². The highest BCUT2D eigenvalue weighted by Crippen LogP contribution is 2.24. The first kappa shape index (κ1) is 20.8. The van der Waals surface area contributed by atoms with E-state index < -0.39 is 27.9 Å². The van der Waals surface area contributed by atoms with Gasteiger partial charge < -0.3 is 10.1 Å². The first-order chi connectivity index (χ1) is 13.7. The van der Waals surface area contributed by atoms with E-state index in [2.05, 4.69) is 10.3 Å². The zero-order valence-corrected chi connectivity index (χ0v) is 17.2. The van der Waals surface area contributed by atoms with Crippen LogP contribution in [0.2, 0.25) is 5.15 Å². The van der Waals surface area contributed by atoms with Crippen LogP contribution in [0.1, 0.15) is 15.9 Å². The Balaban J connectivity index is 1.97. The van der Waals surface area contributed by atoms with E-state index in [0.29, 0.717) is 16.5 Å². The maximum Gasteiger partial charge on any atom is 0.328 e. The van der Waals surface area contributed by atoms with Gasteiger partial charge in [0.05, 0.1) is 24.4 Å². The van der Waals surface area contributed by atoms with Crippen molar-refractivity contribution in [3.8, 4) is 0 Å². The van der Waals surface area contributed by atoms with Gasteiger partial charge in [-0.2, -0.15) is 0 Å². The van der Waals surface area contributed by atoms with Gasteiger partial charge in [-0.05, 0) is 23.8 Å². The Kier molecular flexibility index (Phi) is 5.90. The number of hydrogen-bond acceptors (Lipinski definition) is 6. The minimum absolute atomic E-state index is 0.00212. The minimum Gasteiger partial charge on any atom is -0.467 e. The van der Waals surface area contributed by atoms with Gasteiger partial charge in [-0.25, -0.2) is 22.2 Å². The monoisotopic (exact) mass is 435 g/mol. The highest BCUT2D eigenvalue weighted by molar-refractivity contribution is 7.89. The fraction of sp³-hybridized carbons (Fsp3) is 0.211. The number of carbonyl (C=O) groups is 2. The number of benzene rings is 1. The molecule has 0 fully saturated rings. The largest absolute Gasteiger partial charge is 0.467 e. The lowest BCUT2D eigenvalue weighted by molar-refractivity contribution is -0.142. The van der Waals surface area contributed by atoms with E-state index in [1.807, 2.05) is 0 Å². The van der Waals surface area contributed by atoms with Crippen LogP contribution in [0.3, 0.4) is 0 Å². The molecule has 0 saturated heterocycles. The number of carbonyl (C=O) groups excluding carboxylic acids is 2. The van der Waals surface area contributed by atoms with Gasteiger partial charge in [-0.15, -0.1) is 0 Å². The van der Waals surface area contributed by atoms with Crippen LogP contribution in [-0.2, 0) is 26.0 Å². The SMILES string of the molecule is COC(=O)[C@H](Cc1cn(S(C)(=O)=O)c2ccccc12)NC(=O)c1cccnc1Cl. The second-order valence-electron chi connectivity index (χ2n) is 6.33. The van der Waals surface area contributed by atoms with Crippen molar-refractivity contribution >= 4 is 44.4 Å². The second-order valence-corrected chi connectivity index (χ2v) is 8.54. The molecular formula is C19H18ClN3O5S. The Morgan fingerprint density at radius 2 is 1.97 bits per heavy atom. The highest BCUT2D eigenvalue weighted by Gasteiger charge is 2.26. The molecule has 0 saturated carbocycles. The van der Waals surface area contributed by atoms with Crippen molar-refractivity contribution in [3.05, 3.63) is 65.1 Å². The third-order valence-electron chi connectivity index (χ3n) is 4.34. The van der Waals surface area contributed by atoms with E-state index in [-0.39, 0.29) is 17.1 Å². The number of ether oxygens (including phenoxy) is 1. The molecule has 0 aliphatic carbocycles. The van der Waals surface area contributed by atoms with E-state index in [1.54, 1.807) is 30.3 Å². The number of fused-ring (bicyclic) bond motifs is 1. The average molecular weight is 436 g/mol. The molecule has 152 valence electrons. The molecule has 3 rings (SSSR count). The molecule has 0 unspecified atom stereocenters. The summed E-state index contributed by atoms with van der Waals surface area (Å²) in [5.41, 5.74) is 1.16. The topological polar surface area (TPSA) is 107 Å². The molecule has 0 spiro atoms. The fourth-order valence-electron chi connectivity index (χ4n) is 3.00. The van der Waals surface area contributed by atoms with E-state index in [0.717, 1.165) is 10.2 Å². The van der Waals surface area contributed by atoms with Crippen LogP contribution in [0, 0.1) is 0 Å². The Morgan fingerprint density at radius 1 is 1.24 bits per heavy atom. The van der Waals surface area contributed by atoms with Crippen molar-refractivity contribution in [1.82, 2.24) is 14.3 Å². The summed E-state index contributed by atoms with van der Waals surface area (Å²) < 4.78 is 30.2. The summed E-state index contributed by atoms with van der Waals surface area (Å²) in [5, 5.41) is 3.24. The van der Waals surface area contributed by atoms with Crippen molar-refractivity contribution in [2.24, 2.45) is 0 Å². The standard InChI is InChI=1S/C19H18ClN3O5S/c1-28-19(25)15(22-18(24)14-7-5-9-21-17(14)20)10-12-11-23(29(2,26)27)16-8-4-3-6-13(12)16/h3-9,11,15H,10H2,1-2H3,(H,22,24)/t15-/m0/s1. The summed E-state index contributed by atoms with van der Waals surface area (Å²) in [6.07, 6.45) is 4.00. The van der Waals surface area contributed by atoms with E-state index in [9.17, 15) is 18.0 Å². The number of esters is 1. The predicted octanol–water partition coefficient (Wildman–Crippen LogP) is 2.01. The van der Waals surface area contributed by atoms with Crippen molar-refractivity contribution < 1.29 is 22.7 Å². The van der Waals surface area contributed by atoms with Crippen molar-refractivity contribution in [3.63, 3.8) is 0 Å². The van der Waals surface area contributed by atoms with Gasteiger partial charge in [0, 0.05) is 24.2 Å². The maximum absolute atomic E-state index is 12.6. The number of nitrogens with one attached hydrogen (secondary N) is 1. The lowest BCUT2D eigenvalue weighted by Crippen LogP contribution is -2.43. The molecule has 2 heterocycles. The number of hydrogen-bond donors (Lipinski definition) is 1. The van der Waals surface area contributed by atoms with Gasteiger partial charge in [-0.1, -0.05) is 29.8 Å². The van der Waals surface area contributed by atoms with E-state index in [4.69, 9.17) is 16.3 Å².